The van der Waals surface area contributed by atoms with Crippen LogP contribution in [0.15, 0.2) is 47.9 Å². The Hall–Kier alpha value is -2.93. The number of carbonyl (C=O) groups is 1. The Bertz CT molecular complexity index is 925. The zero-order chi connectivity index (χ0) is 18.5. The molecule has 2 heterocycles. The van der Waals surface area contributed by atoms with Gasteiger partial charge in [0.05, 0.1) is 18.0 Å². The smallest absolute Gasteiger partial charge is 0.249 e. The molecule has 0 bridgehead atoms. The lowest BCUT2D eigenvalue weighted by molar-refractivity contribution is -0.111. The van der Waals surface area contributed by atoms with Crippen LogP contribution < -0.4 is 10.1 Å². The molecule has 0 saturated heterocycles. The topological polar surface area (TPSA) is 69.0 Å². The first-order valence-corrected chi connectivity index (χ1v) is 9.18. The summed E-state index contributed by atoms with van der Waals surface area (Å²) in [5.74, 6) is 1.23. The SMILES string of the molecule is C/C=C\C(=O)Nc1cc(C)nn1-c1nc(-c2ccc(OCC)cc2)cs1. The van der Waals surface area contributed by atoms with Gasteiger partial charge in [-0.25, -0.2) is 4.98 Å². The molecule has 0 atom stereocenters. The zero-order valence-corrected chi connectivity index (χ0v) is 15.7. The monoisotopic (exact) mass is 368 g/mol. The highest BCUT2D eigenvalue weighted by Crippen LogP contribution is 2.27. The van der Waals surface area contributed by atoms with Crippen molar-refractivity contribution in [2.45, 2.75) is 20.8 Å². The molecule has 0 aliphatic carbocycles. The minimum Gasteiger partial charge on any atom is -0.494 e. The van der Waals surface area contributed by atoms with Crippen LogP contribution in [0.1, 0.15) is 19.5 Å². The van der Waals surface area contributed by atoms with Gasteiger partial charge in [0, 0.05) is 17.0 Å². The normalized spacial score (nSPS) is 11.0. The van der Waals surface area contributed by atoms with Gasteiger partial charge >= 0.3 is 0 Å². The molecule has 6 nitrogen and oxygen atoms in total. The van der Waals surface area contributed by atoms with Gasteiger partial charge in [0.15, 0.2) is 0 Å². The van der Waals surface area contributed by atoms with E-state index in [9.17, 15) is 4.79 Å². The Kier molecular flexibility index (Phi) is 5.48. The van der Waals surface area contributed by atoms with Crippen molar-refractivity contribution in [2.75, 3.05) is 11.9 Å². The Labute approximate surface area is 156 Å². The molecular formula is C19H20N4O2S. The van der Waals surface area contributed by atoms with Gasteiger partial charge in [0.2, 0.25) is 11.0 Å². The molecule has 0 saturated carbocycles. The molecule has 0 aliphatic heterocycles. The van der Waals surface area contributed by atoms with Crippen LogP contribution in [0, 0.1) is 6.92 Å². The standard InChI is InChI=1S/C19H20N4O2S/c1-4-6-18(24)21-17-11-13(3)22-23(17)19-20-16(12-26-19)14-7-9-15(10-8-14)25-5-2/h4,6-12H,5H2,1-3H3,(H,21,24)/b6-4-. The first kappa shape index (κ1) is 17.9. The maximum Gasteiger partial charge on any atom is 0.249 e. The highest BCUT2D eigenvalue weighted by atomic mass is 32.1. The maximum absolute atomic E-state index is 11.8. The minimum absolute atomic E-state index is 0.197. The van der Waals surface area contributed by atoms with Crippen molar-refractivity contribution in [3.63, 3.8) is 0 Å². The van der Waals surface area contributed by atoms with E-state index in [0.717, 1.165) is 22.7 Å². The number of amides is 1. The van der Waals surface area contributed by atoms with Crippen molar-refractivity contribution >= 4 is 23.1 Å². The summed E-state index contributed by atoms with van der Waals surface area (Å²) in [6.45, 7) is 6.27. The van der Waals surface area contributed by atoms with Crippen LogP contribution in [0.3, 0.4) is 0 Å². The van der Waals surface area contributed by atoms with Gasteiger partial charge in [-0.1, -0.05) is 6.08 Å². The molecule has 1 N–H and O–H groups in total. The number of nitrogens with zero attached hydrogens (tertiary/aromatic N) is 3. The molecule has 0 aliphatic rings. The van der Waals surface area contributed by atoms with Gasteiger partial charge in [-0.05, 0) is 51.1 Å². The summed E-state index contributed by atoms with van der Waals surface area (Å²) in [7, 11) is 0. The number of benzene rings is 1. The van der Waals surface area contributed by atoms with E-state index in [1.807, 2.05) is 49.6 Å². The number of allylic oxidation sites excluding steroid dienone is 1. The van der Waals surface area contributed by atoms with E-state index >= 15 is 0 Å². The first-order valence-electron chi connectivity index (χ1n) is 8.30. The van der Waals surface area contributed by atoms with Gasteiger partial charge in [-0.15, -0.1) is 11.3 Å². The average molecular weight is 368 g/mol. The van der Waals surface area contributed by atoms with Gasteiger partial charge < -0.3 is 10.1 Å². The largest absolute Gasteiger partial charge is 0.494 e. The Balaban J connectivity index is 1.87. The number of hydrogen-bond acceptors (Lipinski definition) is 5. The molecule has 2 aromatic heterocycles. The zero-order valence-electron chi connectivity index (χ0n) is 14.9. The number of ether oxygens (including phenoxy) is 1. The number of rotatable bonds is 6. The van der Waals surface area contributed by atoms with Crippen molar-refractivity contribution in [2.24, 2.45) is 0 Å². The van der Waals surface area contributed by atoms with Gasteiger partial charge in [0.1, 0.15) is 11.6 Å². The fourth-order valence-electron chi connectivity index (χ4n) is 2.44. The van der Waals surface area contributed by atoms with Crippen LogP contribution in [0.2, 0.25) is 0 Å². The van der Waals surface area contributed by atoms with Crippen LogP contribution in [-0.4, -0.2) is 27.3 Å². The molecule has 1 aromatic carbocycles. The Morgan fingerprint density at radius 2 is 2.12 bits per heavy atom. The van der Waals surface area contributed by atoms with E-state index in [-0.39, 0.29) is 5.91 Å². The molecule has 0 fully saturated rings. The average Bonchev–Trinajstić information content (AvgIpc) is 3.23. The van der Waals surface area contributed by atoms with Gasteiger partial charge in [-0.2, -0.15) is 9.78 Å². The van der Waals surface area contributed by atoms with Crippen molar-refractivity contribution < 1.29 is 9.53 Å². The van der Waals surface area contributed by atoms with Gasteiger partial charge in [0.25, 0.3) is 0 Å². The Morgan fingerprint density at radius 3 is 2.81 bits per heavy atom. The third kappa shape index (κ3) is 4.00. The predicted molar refractivity (Wildman–Crippen MR) is 104 cm³/mol. The van der Waals surface area contributed by atoms with E-state index in [0.29, 0.717) is 17.6 Å². The number of thiazole rings is 1. The molecule has 1 amide bonds. The fraction of sp³-hybridized carbons (Fsp3) is 0.211. The number of aryl methyl sites for hydroxylation is 1. The van der Waals surface area contributed by atoms with Crippen LogP contribution in [0.25, 0.3) is 16.4 Å². The number of nitrogens with one attached hydrogen (secondary N) is 1. The van der Waals surface area contributed by atoms with E-state index < -0.39 is 0 Å². The van der Waals surface area contributed by atoms with Crippen LogP contribution >= 0.6 is 11.3 Å². The number of anilines is 1. The minimum atomic E-state index is -0.197. The molecule has 0 spiro atoms. The molecule has 26 heavy (non-hydrogen) atoms. The molecule has 134 valence electrons. The van der Waals surface area contributed by atoms with Crippen molar-refractivity contribution in [3.8, 4) is 22.1 Å². The van der Waals surface area contributed by atoms with E-state index in [2.05, 4.69) is 15.4 Å². The Morgan fingerprint density at radius 1 is 1.35 bits per heavy atom. The van der Waals surface area contributed by atoms with Crippen LogP contribution in [0.5, 0.6) is 5.75 Å². The lowest BCUT2D eigenvalue weighted by Crippen LogP contribution is -2.12. The summed E-state index contributed by atoms with van der Waals surface area (Å²) in [5, 5.41) is 9.94. The number of aromatic nitrogens is 3. The molecule has 3 aromatic rings. The number of carbonyl (C=O) groups excluding carboxylic acids is 1. The van der Waals surface area contributed by atoms with E-state index in [1.165, 1.54) is 17.4 Å². The quantitative estimate of drug-likeness (QED) is 0.662. The number of hydrogen-bond donors (Lipinski definition) is 1. The summed E-state index contributed by atoms with van der Waals surface area (Å²) in [4.78, 5) is 16.5. The molecule has 0 unspecified atom stereocenters. The van der Waals surface area contributed by atoms with E-state index in [1.54, 1.807) is 17.7 Å². The third-order valence-corrected chi connectivity index (χ3v) is 4.35. The molecule has 3 rings (SSSR count). The van der Waals surface area contributed by atoms with Crippen LogP contribution in [0.4, 0.5) is 5.82 Å². The molecule has 7 heteroatoms. The lowest BCUT2D eigenvalue weighted by Gasteiger charge is -2.04. The fourth-order valence-corrected chi connectivity index (χ4v) is 3.23. The highest BCUT2D eigenvalue weighted by Gasteiger charge is 2.13. The second-order valence-electron chi connectivity index (χ2n) is 5.54. The second-order valence-corrected chi connectivity index (χ2v) is 6.38. The predicted octanol–water partition coefficient (Wildman–Crippen LogP) is 4.22. The third-order valence-electron chi connectivity index (χ3n) is 3.54. The second kappa shape index (κ2) is 7.97. The van der Waals surface area contributed by atoms with Gasteiger partial charge in [-0.3, -0.25) is 4.79 Å². The summed E-state index contributed by atoms with van der Waals surface area (Å²) in [6.07, 6.45) is 3.16. The van der Waals surface area contributed by atoms with E-state index in [4.69, 9.17) is 4.74 Å². The first-order chi connectivity index (χ1) is 12.6. The summed E-state index contributed by atoms with van der Waals surface area (Å²) in [6, 6.07) is 9.64. The van der Waals surface area contributed by atoms with Crippen LogP contribution in [-0.2, 0) is 4.79 Å². The highest BCUT2D eigenvalue weighted by molar-refractivity contribution is 7.12. The van der Waals surface area contributed by atoms with Crippen molar-refractivity contribution in [1.29, 1.82) is 0 Å². The summed E-state index contributed by atoms with van der Waals surface area (Å²) < 4.78 is 7.12. The van der Waals surface area contributed by atoms with Crippen molar-refractivity contribution in [3.05, 3.63) is 53.6 Å². The molecule has 0 radical (unpaired) electrons. The summed E-state index contributed by atoms with van der Waals surface area (Å²) >= 11 is 1.47. The molecular weight excluding hydrogens is 348 g/mol. The maximum atomic E-state index is 11.8. The summed E-state index contributed by atoms with van der Waals surface area (Å²) in [5.41, 5.74) is 2.66. The lowest BCUT2D eigenvalue weighted by atomic mass is 10.2. The van der Waals surface area contributed by atoms with Crippen molar-refractivity contribution in [1.82, 2.24) is 14.8 Å².